The Labute approximate surface area is 105 Å². The number of hydrogen-bond acceptors (Lipinski definition) is 6. The van der Waals surface area contributed by atoms with Gasteiger partial charge in [-0.2, -0.15) is 8.42 Å². The zero-order valence-electron chi connectivity index (χ0n) is 8.57. The molecule has 0 spiro atoms. The predicted octanol–water partition coefficient (Wildman–Crippen LogP) is 0.168. The van der Waals surface area contributed by atoms with Crippen LogP contribution >= 0.6 is 15.9 Å². The molecule has 0 fully saturated rings. The highest BCUT2D eigenvalue weighted by molar-refractivity contribution is 9.10. The lowest BCUT2D eigenvalue weighted by Crippen LogP contribution is -2.18. The molecule has 0 aliphatic heterocycles. The Kier molecular flexibility index (Phi) is 3.07. The van der Waals surface area contributed by atoms with Crippen LogP contribution < -0.4 is 4.72 Å². The van der Waals surface area contributed by atoms with Gasteiger partial charge in [0, 0.05) is 19.4 Å². The lowest BCUT2D eigenvalue weighted by atomic mass is 10.7. The minimum atomic E-state index is -3.82. The maximum absolute atomic E-state index is 12.0. The van der Waals surface area contributed by atoms with Crippen molar-refractivity contribution in [1.82, 2.24) is 25.0 Å². The van der Waals surface area contributed by atoms with Crippen molar-refractivity contribution in [3.63, 3.8) is 0 Å². The molecule has 0 amide bonds. The fourth-order valence-electron chi connectivity index (χ4n) is 1.13. The summed E-state index contributed by atoms with van der Waals surface area (Å²) in [5.74, 6) is -0.0133. The van der Waals surface area contributed by atoms with Crippen LogP contribution in [-0.2, 0) is 17.1 Å². The number of nitrogens with one attached hydrogen (secondary N) is 1. The van der Waals surface area contributed by atoms with E-state index in [2.05, 4.69) is 40.9 Å². The van der Waals surface area contributed by atoms with E-state index in [1.807, 2.05) is 0 Å². The van der Waals surface area contributed by atoms with Crippen LogP contribution in [0, 0.1) is 0 Å². The van der Waals surface area contributed by atoms with Gasteiger partial charge in [-0.15, -0.1) is 5.10 Å². The first-order valence-electron chi connectivity index (χ1n) is 4.36. The normalized spacial score (nSPS) is 11.4. The van der Waals surface area contributed by atoms with Gasteiger partial charge in [0.05, 0.1) is 0 Å². The molecule has 0 radical (unpaired) electrons. The highest BCUT2D eigenvalue weighted by Crippen LogP contribution is 2.19. The number of nitrogens with zero attached hydrogens (tertiary/aromatic N) is 5. The Bertz CT molecular complexity index is 606. The van der Waals surface area contributed by atoms with Crippen LogP contribution in [-0.4, -0.2) is 33.4 Å². The summed E-state index contributed by atoms with van der Waals surface area (Å²) in [6, 6.07) is 1.58. The van der Waals surface area contributed by atoms with E-state index in [0.717, 1.165) is 4.68 Å². The van der Waals surface area contributed by atoms with Crippen molar-refractivity contribution in [1.29, 1.82) is 0 Å². The third-order valence-electron chi connectivity index (χ3n) is 1.78. The van der Waals surface area contributed by atoms with Crippen molar-refractivity contribution in [3.05, 3.63) is 23.1 Å². The fraction of sp³-hybridized carbons (Fsp3) is 0.143. The zero-order chi connectivity index (χ0) is 12.5. The average Bonchev–Trinajstić information content (AvgIpc) is 2.59. The molecule has 0 bridgehead atoms. The summed E-state index contributed by atoms with van der Waals surface area (Å²) in [6.07, 6.45) is 2.86. The summed E-state index contributed by atoms with van der Waals surface area (Å²) in [5, 5.41) is 7.08. The Morgan fingerprint density at radius 1 is 1.35 bits per heavy atom. The molecule has 0 saturated heterocycles. The van der Waals surface area contributed by atoms with Gasteiger partial charge in [0.15, 0.2) is 4.60 Å². The lowest BCUT2D eigenvalue weighted by molar-refractivity contribution is 0.578. The first-order chi connectivity index (χ1) is 8.00. The second kappa shape index (κ2) is 4.37. The Hall–Kier alpha value is -1.55. The third kappa shape index (κ3) is 2.42. The van der Waals surface area contributed by atoms with E-state index in [-0.39, 0.29) is 15.6 Å². The molecule has 1 N–H and O–H groups in total. The number of anilines is 1. The SMILES string of the molecule is Cn1nnc(Br)c1S(=O)(=O)Nc1ncccn1. The van der Waals surface area contributed by atoms with Crippen molar-refractivity contribution in [2.45, 2.75) is 5.03 Å². The minimum absolute atomic E-state index is 0.0133. The molecule has 0 unspecified atom stereocenters. The Morgan fingerprint density at radius 3 is 2.53 bits per heavy atom. The molecule has 0 aliphatic rings. The third-order valence-corrected chi connectivity index (χ3v) is 4.00. The topological polar surface area (TPSA) is 103 Å². The Morgan fingerprint density at radius 2 is 2.00 bits per heavy atom. The van der Waals surface area contributed by atoms with E-state index in [1.165, 1.54) is 19.4 Å². The van der Waals surface area contributed by atoms with E-state index in [4.69, 9.17) is 0 Å². The van der Waals surface area contributed by atoms with Crippen molar-refractivity contribution in [3.8, 4) is 0 Å². The van der Waals surface area contributed by atoms with E-state index < -0.39 is 10.0 Å². The van der Waals surface area contributed by atoms with Crippen LogP contribution in [0.3, 0.4) is 0 Å². The molecule has 2 aromatic rings. The van der Waals surface area contributed by atoms with Gasteiger partial charge in [-0.25, -0.2) is 19.4 Å². The lowest BCUT2D eigenvalue weighted by Gasteiger charge is -2.05. The summed E-state index contributed by atoms with van der Waals surface area (Å²) in [5.41, 5.74) is 0. The second-order valence-corrected chi connectivity index (χ2v) is 5.34. The minimum Gasteiger partial charge on any atom is -0.246 e. The van der Waals surface area contributed by atoms with Crippen molar-refractivity contribution in [2.75, 3.05) is 4.72 Å². The maximum atomic E-state index is 12.0. The van der Waals surface area contributed by atoms with Crippen LogP contribution in [0.15, 0.2) is 28.1 Å². The monoisotopic (exact) mass is 318 g/mol. The van der Waals surface area contributed by atoms with Gasteiger partial charge in [0.25, 0.3) is 10.0 Å². The number of hydrogen-bond donors (Lipinski definition) is 1. The predicted molar refractivity (Wildman–Crippen MR) is 61.5 cm³/mol. The summed E-state index contributed by atoms with van der Waals surface area (Å²) >= 11 is 3.01. The average molecular weight is 319 g/mol. The number of sulfonamides is 1. The highest BCUT2D eigenvalue weighted by Gasteiger charge is 2.24. The maximum Gasteiger partial charge on any atom is 0.284 e. The molecule has 10 heteroatoms. The number of aryl methyl sites for hydroxylation is 1. The molecule has 17 heavy (non-hydrogen) atoms. The van der Waals surface area contributed by atoms with Crippen LogP contribution in [0.1, 0.15) is 0 Å². The molecule has 90 valence electrons. The quantitative estimate of drug-likeness (QED) is 0.865. The zero-order valence-corrected chi connectivity index (χ0v) is 11.0. The molecule has 2 rings (SSSR count). The van der Waals surface area contributed by atoms with Crippen LogP contribution in [0.25, 0.3) is 0 Å². The van der Waals surface area contributed by atoms with Gasteiger partial charge < -0.3 is 0 Å². The first-order valence-corrected chi connectivity index (χ1v) is 6.63. The van der Waals surface area contributed by atoms with E-state index in [0.29, 0.717) is 0 Å². The van der Waals surface area contributed by atoms with Gasteiger partial charge in [0.2, 0.25) is 11.0 Å². The van der Waals surface area contributed by atoms with Gasteiger partial charge in [-0.05, 0) is 22.0 Å². The number of halogens is 1. The molecular weight excluding hydrogens is 312 g/mol. The molecule has 2 aromatic heterocycles. The van der Waals surface area contributed by atoms with E-state index in [1.54, 1.807) is 6.07 Å². The first kappa shape index (κ1) is 11.9. The second-order valence-electron chi connectivity index (χ2n) is 2.99. The van der Waals surface area contributed by atoms with Gasteiger partial charge in [-0.3, -0.25) is 0 Å². The molecular formula is C7H7BrN6O2S. The van der Waals surface area contributed by atoms with Crippen molar-refractivity contribution < 1.29 is 8.42 Å². The summed E-state index contributed by atoms with van der Waals surface area (Å²) in [6.45, 7) is 0. The molecule has 2 heterocycles. The van der Waals surface area contributed by atoms with Crippen molar-refractivity contribution >= 4 is 31.9 Å². The van der Waals surface area contributed by atoms with Gasteiger partial charge in [0.1, 0.15) is 0 Å². The number of rotatable bonds is 3. The fourth-order valence-corrected chi connectivity index (χ4v) is 3.18. The van der Waals surface area contributed by atoms with Crippen LogP contribution in [0.2, 0.25) is 0 Å². The Balaban J connectivity index is 2.39. The summed E-state index contributed by atoms with van der Waals surface area (Å²) in [7, 11) is -2.34. The molecule has 0 aliphatic carbocycles. The van der Waals surface area contributed by atoms with E-state index in [9.17, 15) is 8.42 Å². The van der Waals surface area contributed by atoms with Gasteiger partial charge >= 0.3 is 0 Å². The molecule has 0 atom stereocenters. The van der Waals surface area contributed by atoms with Gasteiger partial charge in [-0.1, -0.05) is 5.21 Å². The summed E-state index contributed by atoms with van der Waals surface area (Å²) in [4.78, 5) is 7.53. The van der Waals surface area contributed by atoms with E-state index >= 15 is 0 Å². The van der Waals surface area contributed by atoms with Crippen LogP contribution in [0.5, 0.6) is 0 Å². The molecule has 8 nitrogen and oxygen atoms in total. The number of aromatic nitrogens is 5. The molecule has 0 aromatic carbocycles. The standard InChI is InChI=1S/C7H7BrN6O2S/c1-14-6(5(8)11-13-14)17(15,16)12-7-9-3-2-4-10-7/h2-4H,1H3,(H,9,10,12). The van der Waals surface area contributed by atoms with Crippen LogP contribution in [0.4, 0.5) is 5.95 Å². The highest BCUT2D eigenvalue weighted by atomic mass is 79.9. The smallest absolute Gasteiger partial charge is 0.246 e. The van der Waals surface area contributed by atoms with Crippen molar-refractivity contribution in [2.24, 2.45) is 7.05 Å². The largest absolute Gasteiger partial charge is 0.284 e. The summed E-state index contributed by atoms with van der Waals surface area (Å²) < 4.78 is 27.4. The molecule has 0 saturated carbocycles.